The van der Waals surface area contributed by atoms with E-state index in [-0.39, 0.29) is 17.1 Å². The standard InChI is InChI=1S/C10H21NO2/c1-8(12)9(2,3)11-5-10(4)6-13-7-10/h8,11-12H,5-7H2,1-4H3. The van der Waals surface area contributed by atoms with Crippen LogP contribution in [0.1, 0.15) is 27.7 Å². The van der Waals surface area contributed by atoms with Crippen molar-refractivity contribution < 1.29 is 9.84 Å². The first-order chi connectivity index (χ1) is 5.86. The molecule has 1 rings (SSSR count). The van der Waals surface area contributed by atoms with E-state index >= 15 is 0 Å². The van der Waals surface area contributed by atoms with Crippen LogP contribution in [-0.2, 0) is 4.74 Å². The fraction of sp³-hybridized carbons (Fsp3) is 1.00. The molecule has 1 heterocycles. The van der Waals surface area contributed by atoms with Crippen molar-refractivity contribution >= 4 is 0 Å². The first-order valence-electron chi connectivity index (χ1n) is 4.87. The minimum Gasteiger partial charge on any atom is -0.392 e. The molecular formula is C10H21NO2. The minimum absolute atomic E-state index is 0.210. The quantitative estimate of drug-likeness (QED) is 0.683. The summed E-state index contributed by atoms with van der Waals surface area (Å²) in [5, 5.41) is 12.8. The molecule has 2 N–H and O–H groups in total. The number of rotatable bonds is 4. The summed E-state index contributed by atoms with van der Waals surface area (Å²) in [5.41, 5.74) is 0.0603. The van der Waals surface area contributed by atoms with Crippen molar-refractivity contribution in [3.05, 3.63) is 0 Å². The molecule has 0 radical (unpaired) electrons. The summed E-state index contributed by atoms with van der Waals surface area (Å²) in [7, 11) is 0. The average molecular weight is 187 g/mol. The van der Waals surface area contributed by atoms with Gasteiger partial charge in [0.2, 0.25) is 0 Å². The SMILES string of the molecule is CC(O)C(C)(C)NCC1(C)COC1. The second-order valence-electron chi connectivity index (χ2n) is 5.05. The van der Waals surface area contributed by atoms with Crippen molar-refractivity contribution in [2.45, 2.75) is 39.3 Å². The Morgan fingerprint density at radius 2 is 2.08 bits per heavy atom. The highest BCUT2D eigenvalue weighted by atomic mass is 16.5. The van der Waals surface area contributed by atoms with Gasteiger partial charge in [-0.2, -0.15) is 0 Å². The predicted octanol–water partition coefficient (Wildman–Crippen LogP) is 0.772. The van der Waals surface area contributed by atoms with Crippen molar-refractivity contribution in [1.29, 1.82) is 0 Å². The van der Waals surface area contributed by atoms with Crippen LogP contribution < -0.4 is 5.32 Å². The van der Waals surface area contributed by atoms with Crippen LogP contribution in [0.15, 0.2) is 0 Å². The van der Waals surface area contributed by atoms with Crippen LogP contribution in [0, 0.1) is 5.41 Å². The van der Waals surface area contributed by atoms with Crippen molar-refractivity contribution in [2.75, 3.05) is 19.8 Å². The topological polar surface area (TPSA) is 41.5 Å². The van der Waals surface area contributed by atoms with E-state index in [0.717, 1.165) is 19.8 Å². The number of aliphatic hydroxyl groups excluding tert-OH is 1. The molecule has 1 fully saturated rings. The molecule has 0 saturated carbocycles. The van der Waals surface area contributed by atoms with Crippen molar-refractivity contribution in [3.8, 4) is 0 Å². The van der Waals surface area contributed by atoms with Gasteiger partial charge in [-0.05, 0) is 20.8 Å². The second kappa shape index (κ2) is 3.56. The zero-order valence-corrected chi connectivity index (χ0v) is 9.05. The zero-order chi connectivity index (χ0) is 10.1. The first kappa shape index (κ1) is 11.0. The van der Waals surface area contributed by atoms with Gasteiger partial charge >= 0.3 is 0 Å². The Labute approximate surface area is 80.5 Å². The number of ether oxygens (including phenoxy) is 1. The number of nitrogens with one attached hydrogen (secondary N) is 1. The smallest absolute Gasteiger partial charge is 0.0688 e. The molecule has 13 heavy (non-hydrogen) atoms. The molecular weight excluding hydrogens is 166 g/mol. The molecule has 0 aromatic rings. The fourth-order valence-electron chi connectivity index (χ4n) is 1.14. The third kappa shape index (κ3) is 2.66. The van der Waals surface area contributed by atoms with E-state index in [2.05, 4.69) is 12.2 Å². The van der Waals surface area contributed by atoms with Crippen LogP contribution in [0.3, 0.4) is 0 Å². The lowest BCUT2D eigenvalue weighted by Crippen LogP contribution is -2.56. The Morgan fingerprint density at radius 3 is 2.38 bits per heavy atom. The Bertz CT molecular complexity index is 174. The average Bonchev–Trinajstić information content (AvgIpc) is 1.97. The van der Waals surface area contributed by atoms with Gasteiger partial charge < -0.3 is 15.2 Å². The summed E-state index contributed by atoms with van der Waals surface area (Å²) in [6, 6.07) is 0. The molecule has 1 aliphatic heterocycles. The normalized spacial score (nSPS) is 23.8. The van der Waals surface area contributed by atoms with Crippen molar-refractivity contribution in [2.24, 2.45) is 5.41 Å². The Balaban J connectivity index is 2.32. The molecule has 1 aliphatic rings. The summed E-state index contributed by atoms with van der Waals surface area (Å²) in [5.74, 6) is 0. The van der Waals surface area contributed by atoms with Gasteiger partial charge in [-0.3, -0.25) is 0 Å². The maximum atomic E-state index is 9.47. The lowest BCUT2D eigenvalue weighted by atomic mass is 9.87. The highest BCUT2D eigenvalue weighted by Crippen LogP contribution is 2.26. The first-order valence-corrected chi connectivity index (χ1v) is 4.87. The third-order valence-corrected chi connectivity index (χ3v) is 2.92. The van der Waals surface area contributed by atoms with Gasteiger partial charge in [-0.15, -0.1) is 0 Å². The maximum absolute atomic E-state index is 9.47. The van der Waals surface area contributed by atoms with Crippen LogP contribution in [0.5, 0.6) is 0 Å². The molecule has 0 amide bonds. The number of hydrogen-bond donors (Lipinski definition) is 2. The number of aliphatic hydroxyl groups is 1. The largest absolute Gasteiger partial charge is 0.392 e. The summed E-state index contributed by atoms with van der Waals surface area (Å²) >= 11 is 0. The third-order valence-electron chi connectivity index (χ3n) is 2.92. The van der Waals surface area contributed by atoms with Crippen LogP contribution in [0.25, 0.3) is 0 Å². The van der Waals surface area contributed by atoms with Gasteiger partial charge in [0.25, 0.3) is 0 Å². The minimum atomic E-state index is -0.336. The predicted molar refractivity (Wildman–Crippen MR) is 52.7 cm³/mol. The van der Waals surface area contributed by atoms with Gasteiger partial charge in [-0.1, -0.05) is 6.92 Å². The molecule has 0 aromatic carbocycles. The van der Waals surface area contributed by atoms with Gasteiger partial charge in [0.15, 0.2) is 0 Å². The summed E-state index contributed by atoms with van der Waals surface area (Å²) in [4.78, 5) is 0. The van der Waals surface area contributed by atoms with Crippen LogP contribution in [-0.4, -0.2) is 36.5 Å². The second-order valence-corrected chi connectivity index (χ2v) is 5.05. The Kier molecular flexibility index (Phi) is 3.00. The molecule has 0 bridgehead atoms. The molecule has 1 unspecified atom stereocenters. The van der Waals surface area contributed by atoms with E-state index in [1.165, 1.54) is 0 Å². The van der Waals surface area contributed by atoms with E-state index in [9.17, 15) is 5.11 Å². The van der Waals surface area contributed by atoms with E-state index in [0.29, 0.717) is 0 Å². The van der Waals surface area contributed by atoms with Crippen molar-refractivity contribution in [1.82, 2.24) is 5.32 Å². The maximum Gasteiger partial charge on any atom is 0.0688 e. The molecule has 3 heteroatoms. The van der Waals surface area contributed by atoms with Gasteiger partial charge in [0, 0.05) is 17.5 Å². The van der Waals surface area contributed by atoms with E-state index in [1.807, 2.05) is 20.8 Å². The van der Waals surface area contributed by atoms with Gasteiger partial charge in [0.1, 0.15) is 0 Å². The molecule has 0 spiro atoms. The summed E-state index contributed by atoms with van der Waals surface area (Å²) < 4.78 is 5.16. The fourth-order valence-corrected chi connectivity index (χ4v) is 1.14. The molecule has 78 valence electrons. The highest BCUT2D eigenvalue weighted by Gasteiger charge is 2.35. The monoisotopic (exact) mass is 187 g/mol. The Hall–Kier alpha value is -0.120. The molecule has 3 nitrogen and oxygen atoms in total. The highest BCUT2D eigenvalue weighted by molar-refractivity contribution is 4.89. The van der Waals surface area contributed by atoms with Crippen molar-refractivity contribution in [3.63, 3.8) is 0 Å². The van der Waals surface area contributed by atoms with E-state index in [1.54, 1.807) is 0 Å². The van der Waals surface area contributed by atoms with Crippen LogP contribution >= 0.6 is 0 Å². The van der Waals surface area contributed by atoms with E-state index < -0.39 is 0 Å². The lowest BCUT2D eigenvalue weighted by Gasteiger charge is -2.41. The molecule has 1 atom stereocenters. The number of hydrogen-bond acceptors (Lipinski definition) is 3. The van der Waals surface area contributed by atoms with Crippen LogP contribution in [0.2, 0.25) is 0 Å². The van der Waals surface area contributed by atoms with Gasteiger partial charge in [-0.25, -0.2) is 0 Å². The molecule has 0 aliphatic carbocycles. The summed E-state index contributed by atoms with van der Waals surface area (Å²) in [6.07, 6.45) is -0.336. The van der Waals surface area contributed by atoms with Gasteiger partial charge in [0.05, 0.1) is 19.3 Å². The van der Waals surface area contributed by atoms with E-state index in [4.69, 9.17) is 4.74 Å². The molecule has 0 aromatic heterocycles. The summed E-state index contributed by atoms with van der Waals surface area (Å²) in [6.45, 7) is 10.6. The lowest BCUT2D eigenvalue weighted by molar-refractivity contribution is -0.103. The molecule has 1 saturated heterocycles. The Morgan fingerprint density at radius 1 is 1.54 bits per heavy atom. The van der Waals surface area contributed by atoms with Crippen LogP contribution in [0.4, 0.5) is 0 Å². The zero-order valence-electron chi connectivity index (χ0n) is 9.05.